The van der Waals surface area contributed by atoms with Gasteiger partial charge < -0.3 is 0 Å². The maximum atomic E-state index is 13.4. The fourth-order valence-corrected chi connectivity index (χ4v) is 1.39. The van der Waals surface area contributed by atoms with Crippen LogP contribution in [0.25, 0.3) is 0 Å². The molecule has 1 aromatic rings. The molecule has 0 radical (unpaired) electrons. The highest BCUT2D eigenvalue weighted by Gasteiger charge is 2.09. The van der Waals surface area contributed by atoms with Gasteiger partial charge in [-0.2, -0.15) is 5.10 Å². The van der Waals surface area contributed by atoms with E-state index in [-0.39, 0.29) is 5.82 Å². The van der Waals surface area contributed by atoms with Gasteiger partial charge in [0.05, 0.1) is 12.3 Å². The topological polar surface area (TPSA) is 15.6 Å². The van der Waals surface area contributed by atoms with Gasteiger partial charge in [0, 0.05) is 12.6 Å². The maximum absolute atomic E-state index is 13.4. The molecule has 1 aliphatic heterocycles. The second kappa shape index (κ2) is 3.62. The number of hydrogen-bond donors (Lipinski definition) is 0. The van der Waals surface area contributed by atoms with Crippen molar-refractivity contribution < 1.29 is 4.39 Å². The molecule has 1 heterocycles. The molecule has 0 saturated carbocycles. The highest BCUT2D eigenvalue weighted by molar-refractivity contribution is 6.09. The average Bonchev–Trinajstić information content (AvgIpc) is 2.18. The lowest BCUT2D eigenvalue weighted by Gasteiger charge is -2.16. The molecule has 0 N–H and O–H groups in total. The molecule has 3 heteroatoms. The Morgan fingerprint density at radius 1 is 1.36 bits per heavy atom. The van der Waals surface area contributed by atoms with Crippen LogP contribution in [-0.4, -0.2) is 24.3 Å². The molecule has 0 bridgehead atoms. The van der Waals surface area contributed by atoms with Crippen LogP contribution in [0.2, 0.25) is 0 Å². The van der Waals surface area contributed by atoms with E-state index >= 15 is 0 Å². The summed E-state index contributed by atoms with van der Waals surface area (Å²) in [4.78, 5) is 0. The van der Waals surface area contributed by atoms with Gasteiger partial charge in [-0.1, -0.05) is 18.2 Å². The number of hydrogen-bond acceptors (Lipinski definition) is 2. The van der Waals surface area contributed by atoms with E-state index in [4.69, 9.17) is 0 Å². The van der Waals surface area contributed by atoms with Crippen LogP contribution < -0.4 is 0 Å². The Bertz CT molecular complexity index is 396. The minimum absolute atomic E-state index is 0.230. The minimum atomic E-state index is -0.230. The number of rotatable bonds is 1. The summed E-state index contributed by atoms with van der Waals surface area (Å²) in [5, 5.41) is 6.02. The van der Waals surface area contributed by atoms with Gasteiger partial charge in [0.1, 0.15) is 5.82 Å². The van der Waals surface area contributed by atoms with Gasteiger partial charge >= 0.3 is 0 Å². The van der Waals surface area contributed by atoms with Crippen molar-refractivity contribution in [2.24, 2.45) is 5.10 Å². The summed E-state index contributed by atoms with van der Waals surface area (Å²) in [7, 11) is 1.87. The summed E-state index contributed by atoms with van der Waals surface area (Å²) in [6.07, 6.45) is 3.81. The molecular formula is C11H11FN2. The molecule has 0 aliphatic carbocycles. The first-order valence-corrected chi connectivity index (χ1v) is 4.48. The molecule has 0 fully saturated rings. The van der Waals surface area contributed by atoms with Crippen LogP contribution in [0, 0.1) is 5.82 Å². The van der Waals surface area contributed by atoms with E-state index in [0.29, 0.717) is 11.3 Å². The SMILES string of the molecule is CN1CC=CC(c2ccccc2F)=N1. The molecule has 14 heavy (non-hydrogen) atoms. The van der Waals surface area contributed by atoms with Crippen molar-refractivity contribution in [1.82, 2.24) is 5.01 Å². The van der Waals surface area contributed by atoms with Crippen LogP contribution in [-0.2, 0) is 0 Å². The summed E-state index contributed by atoms with van der Waals surface area (Å²) < 4.78 is 13.4. The normalized spacial score (nSPS) is 15.6. The van der Waals surface area contributed by atoms with E-state index in [0.717, 1.165) is 6.54 Å². The van der Waals surface area contributed by atoms with Crippen molar-refractivity contribution >= 4 is 5.71 Å². The lowest BCUT2D eigenvalue weighted by atomic mass is 10.1. The van der Waals surface area contributed by atoms with Crippen molar-refractivity contribution in [3.63, 3.8) is 0 Å². The van der Waals surface area contributed by atoms with Crippen LogP contribution in [0.3, 0.4) is 0 Å². The molecule has 0 saturated heterocycles. The molecule has 2 nitrogen and oxygen atoms in total. The van der Waals surface area contributed by atoms with E-state index in [2.05, 4.69) is 5.10 Å². The quantitative estimate of drug-likeness (QED) is 0.661. The number of allylic oxidation sites excluding steroid dienone is 1. The molecule has 2 rings (SSSR count). The summed E-state index contributed by atoms with van der Waals surface area (Å²) >= 11 is 0. The molecule has 0 aromatic heterocycles. The van der Waals surface area contributed by atoms with Crippen molar-refractivity contribution in [2.75, 3.05) is 13.6 Å². The fraction of sp³-hybridized carbons (Fsp3) is 0.182. The Hall–Kier alpha value is -1.64. The first-order valence-electron chi connectivity index (χ1n) is 4.48. The van der Waals surface area contributed by atoms with E-state index in [1.807, 2.05) is 25.3 Å². The van der Waals surface area contributed by atoms with Gasteiger partial charge in [0.15, 0.2) is 0 Å². The third-order valence-corrected chi connectivity index (χ3v) is 2.07. The number of likely N-dealkylation sites (N-methyl/N-ethyl adjacent to an activating group) is 1. The van der Waals surface area contributed by atoms with Crippen LogP contribution in [0.15, 0.2) is 41.5 Å². The summed E-state index contributed by atoms with van der Waals surface area (Å²) in [6, 6.07) is 6.66. The van der Waals surface area contributed by atoms with Crippen molar-refractivity contribution in [1.29, 1.82) is 0 Å². The first-order chi connectivity index (χ1) is 6.77. The van der Waals surface area contributed by atoms with E-state index in [9.17, 15) is 4.39 Å². The van der Waals surface area contributed by atoms with Crippen molar-refractivity contribution in [3.05, 3.63) is 47.8 Å². The first kappa shape index (κ1) is 8.94. The summed E-state index contributed by atoms with van der Waals surface area (Å²) in [6.45, 7) is 0.776. The van der Waals surface area contributed by atoms with E-state index < -0.39 is 0 Å². The Kier molecular flexibility index (Phi) is 2.31. The fourth-order valence-electron chi connectivity index (χ4n) is 1.39. The third-order valence-electron chi connectivity index (χ3n) is 2.07. The second-order valence-electron chi connectivity index (χ2n) is 3.21. The molecule has 0 atom stereocenters. The monoisotopic (exact) mass is 190 g/mol. The molecule has 0 spiro atoms. The van der Waals surface area contributed by atoms with Gasteiger partial charge in [0.2, 0.25) is 0 Å². The summed E-state index contributed by atoms with van der Waals surface area (Å²) in [5.41, 5.74) is 1.23. The predicted molar refractivity (Wildman–Crippen MR) is 54.7 cm³/mol. The Morgan fingerprint density at radius 2 is 2.14 bits per heavy atom. The van der Waals surface area contributed by atoms with Crippen LogP contribution in [0.5, 0.6) is 0 Å². The smallest absolute Gasteiger partial charge is 0.132 e. The highest BCUT2D eigenvalue weighted by atomic mass is 19.1. The number of hydrazone groups is 1. The van der Waals surface area contributed by atoms with Gasteiger partial charge in [-0.3, -0.25) is 5.01 Å². The second-order valence-corrected chi connectivity index (χ2v) is 3.21. The van der Waals surface area contributed by atoms with Gasteiger partial charge in [-0.25, -0.2) is 4.39 Å². The molecule has 0 amide bonds. The predicted octanol–water partition coefficient (Wildman–Crippen LogP) is 2.03. The van der Waals surface area contributed by atoms with Gasteiger partial charge in [-0.15, -0.1) is 0 Å². The average molecular weight is 190 g/mol. The van der Waals surface area contributed by atoms with E-state index in [1.165, 1.54) is 6.07 Å². The largest absolute Gasteiger partial charge is 0.296 e. The zero-order chi connectivity index (χ0) is 9.97. The molecule has 72 valence electrons. The third kappa shape index (κ3) is 1.66. The Balaban J connectivity index is 2.40. The Morgan fingerprint density at radius 3 is 2.86 bits per heavy atom. The lowest BCUT2D eigenvalue weighted by molar-refractivity contribution is 0.391. The number of benzene rings is 1. The molecule has 0 unspecified atom stereocenters. The number of halogens is 1. The van der Waals surface area contributed by atoms with Gasteiger partial charge in [0.25, 0.3) is 0 Å². The highest BCUT2D eigenvalue weighted by Crippen LogP contribution is 2.11. The van der Waals surface area contributed by atoms with E-state index in [1.54, 1.807) is 17.1 Å². The van der Waals surface area contributed by atoms with Crippen LogP contribution >= 0.6 is 0 Å². The Labute approximate surface area is 82.4 Å². The van der Waals surface area contributed by atoms with Gasteiger partial charge in [-0.05, 0) is 18.2 Å². The molecule has 1 aliphatic rings. The van der Waals surface area contributed by atoms with Crippen LogP contribution in [0.1, 0.15) is 5.56 Å². The zero-order valence-corrected chi connectivity index (χ0v) is 7.94. The summed E-state index contributed by atoms with van der Waals surface area (Å²) in [5.74, 6) is -0.230. The lowest BCUT2D eigenvalue weighted by Crippen LogP contribution is -2.18. The zero-order valence-electron chi connectivity index (χ0n) is 7.94. The standard InChI is InChI=1S/C11H11FN2/c1-14-8-4-7-11(13-14)9-5-2-3-6-10(9)12/h2-7H,8H2,1H3. The van der Waals surface area contributed by atoms with Crippen LogP contribution in [0.4, 0.5) is 4.39 Å². The minimum Gasteiger partial charge on any atom is -0.296 e. The van der Waals surface area contributed by atoms with Crippen molar-refractivity contribution in [2.45, 2.75) is 0 Å². The molecule has 1 aromatic carbocycles. The maximum Gasteiger partial charge on any atom is 0.132 e. The molecular weight excluding hydrogens is 179 g/mol. The van der Waals surface area contributed by atoms with Crippen molar-refractivity contribution in [3.8, 4) is 0 Å². The number of nitrogens with zero attached hydrogens (tertiary/aromatic N) is 2.